The molecule has 1 aliphatic rings. The molecule has 0 amide bonds. The Bertz CT molecular complexity index is 439. The van der Waals surface area contributed by atoms with E-state index in [2.05, 4.69) is 0 Å². The van der Waals surface area contributed by atoms with Crippen molar-refractivity contribution in [2.75, 3.05) is 0 Å². The van der Waals surface area contributed by atoms with Crippen LogP contribution in [0.25, 0.3) is 0 Å². The number of carboxylic acid groups (broad SMARTS) is 1. The van der Waals surface area contributed by atoms with E-state index in [1.54, 1.807) is 0 Å². The second-order valence-corrected chi connectivity index (χ2v) is 4.15. The molecule has 2 rings (SSSR count). The van der Waals surface area contributed by atoms with Gasteiger partial charge in [-0.3, -0.25) is 0 Å². The first-order valence-corrected chi connectivity index (χ1v) is 5.43. The number of alkyl halides is 3. The Labute approximate surface area is 101 Å². The molecule has 1 aliphatic heterocycles. The molecule has 0 saturated carbocycles. The maximum atomic E-state index is 12.4. The number of hydrogen-bond donors (Lipinski definition) is 1. The van der Waals surface area contributed by atoms with Crippen molar-refractivity contribution in [1.82, 2.24) is 0 Å². The van der Waals surface area contributed by atoms with Crippen molar-refractivity contribution in [2.45, 2.75) is 31.2 Å². The van der Waals surface area contributed by atoms with E-state index in [4.69, 9.17) is 9.84 Å². The summed E-state index contributed by atoms with van der Waals surface area (Å²) in [7, 11) is 0. The summed E-state index contributed by atoms with van der Waals surface area (Å²) in [6.45, 7) is 0. The summed E-state index contributed by atoms with van der Waals surface area (Å²) < 4.78 is 42.3. The van der Waals surface area contributed by atoms with Gasteiger partial charge >= 0.3 is 12.1 Å². The second-order valence-electron chi connectivity index (χ2n) is 4.15. The first-order chi connectivity index (χ1) is 8.38. The largest absolute Gasteiger partial charge is 0.479 e. The van der Waals surface area contributed by atoms with Crippen LogP contribution >= 0.6 is 0 Å². The summed E-state index contributed by atoms with van der Waals surface area (Å²) in [5.74, 6) is -1.04. The van der Waals surface area contributed by atoms with E-state index < -0.39 is 29.9 Å². The molecule has 0 unspecified atom stereocenters. The molecule has 2 atom stereocenters. The quantitative estimate of drug-likeness (QED) is 0.889. The Hall–Kier alpha value is -1.56. The smallest absolute Gasteiger partial charge is 0.416 e. The lowest BCUT2D eigenvalue weighted by molar-refractivity contribution is -0.149. The topological polar surface area (TPSA) is 46.5 Å². The highest BCUT2D eigenvalue weighted by Crippen LogP contribution is 2.35. The number of halogens is 3. The van der Waals surface area contributed by atoms with Crippen molar-refractivity contribution in [1.29, 1.82) is 0 Å². The molecule has 3 nitrogen and oxygen atoms in total. The summed E-state index contributed by atoms with van der Waals surface area (Å²) in [4.78, 5) is 10.7. The molecule has 0 bridgehead atoms. The van der Waals surface area contributed by atoms with Gasteiger partial charge in [0, 0.05) is 0 Å². The van der Waals surface area contributed by atoms with E-state index >= 15 is 0 Å². The second kappa shape index (κ2) is 4.61. The minimum atomic E-state index is -4.36. The van der Waals surface area contributed by atoms with Crippen LogP contribution < -0.4 is 0 Å². The van der Waals surface area contributed by atoms with Gasteiger partial charge in [-0.25, -0.2) is 4.79 Å². The van der Waals surface area contributed by atoms with Crippen LogP contribution in [0.1, 0.15) is 30.1 Å². The Morgan fingerprint density at radius 3 is 2.28 bits per heavy atom. The fourth-order valence-corrected chi connectivity index (χ4v) is 1.95. The van der Waals surface area contributed by atoms with Crippen molar-refractivity contribution >= 4 is 5.97 Å². The van der Waals surface area contributed by atoms with Gasteiger partial charge in [0.1, 0.15) is 0 Å². The average Bonchev–Trinajstić information content (AvgIpc) is 2.77. The number of benzene rings is 1. The van der Waals surface area contributed by atoms with Crippen molar-refractivity contribution < 1.29 is 27.8 Å². The predicted octanol–water partition coefficient (Wildman–Crippen LogP) is 3.01. The molecule has 0 aromatic heterocycles. The van der Waals surface area contributed by atoms with Crippen LogP contribution in [0.3, 0.4) is 0 Å². The minimum absolute atomic E-state index is 0.376. The van der Waals surface area contributed by atoms with E-state index in [-0.39, 0.29) is 0 Å². The maximum Gasteiger partial charge on any atom is 0.416 e. The normalized spacial score (nSPS) is 24.2. The first kappa shape index (κ1) is 12.9. The van der Waals surface area contributed by atoms with Crippen LogP contribution in [-0.2, 0) is 15.7 Å². The van der Waals surface area contributed by atoms with Crippen LogP contribution in [0.4, 0.5) is 13.2 Å². The van der Waals surface area contributed by atoms with E-state index in [1.165, 1.54) is 12.1 Å². The highest BCUT2D eigenvalue weighted by atomic mass is 19.4. The molecule has 0 radical (unpaired) electrons. The molecule has 1 heterocycles. The highest BCUT2D eigenvalue weighted by Gasteiger charge is 2.33. The van der Waals surface area contributed by atoms with Gasteiger partial charge in [-0.15, -0.1) is 0 Å². The van der Waals surface area contributed by atoms with Crippen molar-refractivity contribution in [3.05, 3.63) is 35.4 Å². The molecule has 1 fully saturated rings. The summed E-state index contributed by atoms with van der Waals surface area (Å²) in [5.41, 5.74) is -0.147. The molecule has 0 spiro atoms. The van der Waals surface area contributed by atoms with Crippen LogP contribution in [0.2, 0.25) is 0 Å². The number of ether oxygens (including phenoxy) is 1. The summed E-state index contributed by atoms with van der Waals surface area (Å²) >= 11 is 0. The van der Waals surface area contributed by atoms with Crippen molar-refractivity contribution in [3.8, 4) is 0 Å². The van der Waals surface area contributed by atoms with E-state index in [0.29, 0.717) is 18.4 Å². The standard InChI is InChI=1S/C12H11F3O3/c13-12(14,15)8-3-1-7(2-4-8)9-5-6-10(18-9)11(16)17/h1-4,9-10H,5-6H2,(H,16,17)/t9-,10+/m1/s1. The molecule has 0 aliphatic carbocycles. The third kappa shape index (κ3) is 2.64. The molecule has 18 heavy (non-hydrogen) atoms. The molecule has 1 aromatic rings. The monoisotopic (exact) mass is 260 g/mol. The van der Waals surface area contributed by atoms with Gasteiger partial charge in [-0.2, -0.15) is 13.2 Å². The average molecular weight is 260 g/mol. The van der Waals surface area contributed by atoms with Gasteiger partial charge < -0.3 is 9.84 Å². The number of aliphatic carboxylic acids is 1. The third-order valence-corrected chi connectivity index (χ3v) is 2.90. The van der Waals surface area contributed by atoms with Crippen LogP contribution in [-0.4, -0.2) is 17.2 Å². The van der Waals surface area contributed by atoms with Crippen molar-refractivity contribution in [3.63, 3.8) is 0 Å². The van der Waals surface area contributed by atoms with Crippen LogP contribution in [0, 0.1) is 0 Å². The fourth-order valence-electron chi connectivity index (χ4n) is 1.95. The Morgan fingerprint density at radius 1 is 1.22 bits per heavy atom. The molecule has 1 N–H and O–H groups in total. The Kier molecular flexibility index (Phi) is 3.30. The molecule has 98 valence electrons. The molecule has 1 aromatic carbocycles. The zero-order chi connectivity index (χ0) is 13.3. The van der Waals surface area contributed by atoms with Crippen LogP contribution in [0.15, 0.2) is 24.3 Å². The van der Waals surface area contributed by atoms with Gasteiger partial charge in [-0.05, 0) is 30.5 Å². The third-order valence-electron chi connectivity index (χ3n) is 2.90. The van der Waals surface area contributed by atoms with Gasteiger partial charge in [0.25, 0.3) is 0 Å². The zero-order valence-corrected chi connectivity index (χ0v) is 9.28. The van der Waals surface area contributed by atoms with E-state index in [0.717, 1.165) is 12.1 Å². The van der Waals surface area contributed by atoms with Gasteiger partial charge in [-0.1, -0.05) is 12.1 Å². The Balaban J connectivity index is 2.10. The lowest BCUT2D eigenvalue weighted by Gasteiger charge is -2.13. The first-order valence-electron chi connectivity index (χ1n) is 5.43. The zero-order valence-electron chi connectivity index (χ0n) is 9.28. The number of carbonyl (C=O) groups is 1. The molecular formula is C12H11F3O3. The SMILES string of the molecule is O=C(O)[C@@H]1CC[C@H](c2ccc(C(F)(F)F)cc2)O1. The molecule has 1 saturated heterocycles. The summed E-state index contributed by atoms with van der Waals surface area (Å²) in [5, 5.41) is 8.75. The number of carboxylic acids is 1. The van der Waals surface area contributed by atoms with Crippen molar-refractivity contribution in [2.24, 2.45) is 0 Å². The summed E-state index contributed by atoms with van der Waals surface area (Å²) in [6, 6.07) is 4.62. The summed E-state index contributed by atoms with van der Waals surface area (Å²) in [6.07, 6.45) is -4.78. The lowest BCUT2D eigenvalue weighted by atomic mass is 10.0. The maximum absolute atomic E-state index is 12.4. The van der Waals surface area contributed by atoms with Gasteiger partial charge in [0.05, 0.1) is 11.7 Å². The number of hydrogen-bond acceptors (Lipinski definition) is 2. The van der Waals surface area contributed by atoms with Gasteiger partial charge in [0.15, 0.2) is 6.10 Å². The van der Waals surface area contributed by atoms with E-state index in [1.807, 2.05) is 0 Å². The highest BCUT2D eigenvalue weighted by molar-refractivity contribution is 5.72. The Morgan fingerprint density at radius 2 is 1.83 bits per heavy atom. The predicted molar refractivity (Wildman–Crippen MR) is 55.9 cm³/mol. The fraction of sp³-hybridized carbons (Fsp3) is 0.417. The minimum Gasteiger partial charge on any atom is -0.479 e. The lowest BCUT2D eigenvalue weighted by Crippen LogP contribution is -2.18. The van der Waals surface area contributed by atoms with E-state index in [9.17, 15) is 18.0 Å². The number of rotatable bonds is 2. The van der Waals surface area contributed by atoms with Gasteiger partial charge in [0.2, 0.25) is 0 Å². The molecule has 6 heteroatoms. The molecular weight excluding hydrogens is 249 g/mol. The van der Waals surface area contributed by atoms with Crippen LogP contribution in [0.5, 0.6) is 0 Å².